The summed E-state index contributed by atoms with van der Waals surface area (Å²) in [6, 6.07) is 15.1. The summed E-state index contributed by atoms with van der Waals surface area (Å²) in [6.45, 7) is 5.11. The van der Waals surface area contributed by atoms with Crippen LogP contribution in [0.4, 0.5) is 0 Å². The van der Waals surface area contributed by atoms with Gasteiger partial charge in [0.1, 0.15) is 0 Å². The summed E-state index contributed by atoms with van der Waals surface area (Å²) in [4.78, 5) is 41.8. The second-order valence-electron chi connectivity index (χ2n) is 10.0. The molecular weight excluding hydrogens is 510 g/mol. The first kappa shape index (κ1) is 26.7. The molecule has 6 nitrogen and oxygen atoms in total. The average molecular weight is 542 g/mol. The topological polar surface area (TPSA) is 94.9 Å². The number of rotatable bonds is 8. The number of carboxylic acid groups (broad SMARTS) is 2. The largest absolute Gasteiger partial charge is 0.481 e. The highest BCUT2D eigenvalue weighted by atomic mass is 79.9. The third-order valence-electron chi connectivity index (χ3n) is 6.81. The van der Waals surface area contributed by atoms with Gasteiger partial charge in [-0.15, -0.1) is 0 Å². The Labute approximate surface area is 214 Å². The predicted octanol–water partition coefficient (Wildman–Crippen LogP) is 5.81. The quantitative estimate of drug-likeness (QED) is 0.411. The lowest BCUT2D eigenvalue weighted by molar-refractivity contribution is -0.175. The van der Waals surface area contributed by atoms with Crippen molar-refractivity contribution in [2.45, 2.75) is 58.0 Å². The zero-order valence-corrected chi connectivity index (χ0v) is 21.9. The molecule has 0 radical (unpaired) electrons. The van der Waals surface area contributed by atoms with Crippen LogP contribution in [0.2, 0.25) is 0 Å². The van der Waals surface area contributed by atoms with Gasteiger partial charge in [0.15, 0.2) is 5.54 Å². The van der Waals surface area contributed by atoms with E-state index in [2.05, 4.69) is 15.9 Å². The van der Waals surface area contributed by atoms with Gasteiger partial charge in [-0.1, -0.05) is 79.2 Å². The summed E-state index contributed by atoms with van der Waals surface area (Å²) in [7, 11) is 0. The van der Waals surface area contributed by atoms with Crippen LogP contribution in [0, 0.1) is 11.3 Å². The summed E-state index contributed by atoms with van der Waals surface area (Å²) in [5.74, 6) is -4.46. The highest BCUT2D eigenvalue weighted by molar-refractivity contribution is 9.10. The smallest absolute Gasteiger partial charge is 0.331 e. The molecule has 1 aliphatic carbocycles. The minimum absolute atomic E-state index is 0.0275. The first-order chi connectivity index (χ1) is 16.5. The van der Waals surface area contributed by atoms with Crippen LogP contribution < -0.4 is 0 Å². The Hall–Kier alpha value is -2.93. The monoisotopic (exact) mass is 541 g/mol. The van der Waals surface area contributed by atoms with Gasteiger partial charge in [-0.25, -0.2) is 4.79 Å². The van der Waals surface area contributed by atoms with E-state index in [1.54, 1.807) is 69.3 Å². The van der Waals surface area contributed by atoms with Crippen LogP contribution >= 0.6 is 15.9 Å². The Balaban J connectivity index is 2.30. The number of benzene rings is 2. The second kappa shape index (κ2) is 10.8. The van der Waals surface area contributed by atoms with E-state index in [-0.39, 0.29) is 6.42 Å². The van der Waals surface area contributed by atoms with Crippen LogP contribution in [-0.4, -0.2) is 44.5 Å². The number of amides is 1. The van der Waals surface area contributed by atoms with Gasteiger partial charge < -0.3 is 15.1 Å². The summed E-state index contributed by atoms with van der Waals surface area (Å²) in [5.41, 5.74) is -2.14. The molecule has 3 rings (SSSR count). The molecule has 35 heavy (non-hydrogen) atoms. The van der Waals surface area contributed by atoms with Gasteiger partial charge >= 0.3 is 11.9 Å². The Morgan fingerprint density at radius 3 is 2.14 bits per heavy atom. The number of hydrogen-bond donors (Lipinski definition) is 2. The van der Waals surface area contributed by atoms with Crippen molar-refractivity contribution in [1.29, 1.82) is 0 Å². The standard InChI is InChI=1S/C28H32BrNO5/c1-27(2,3)28(26(34)35,23(25(32)33)18-19-10-6-4-7-11-19)30(22-12-8-5-9-13-22)24(31)20-14-16-21(29)17-15-20/h4,6-8,10-12,14-17,22-23H,5,9,13,18H2,1-3H3,(H,32,33)(H,34,35)/t22?,23?,28-/m0/s1. The number of carbonyl (C=O) groups excluding carboxylic acids is 1. The first-order valence-electron chi connectivity index (χ1n) is 11.8. The van der Waals surface area contributed by atoms with Crippen LogP contribution in [0.1, 0.15) is 56.0 Å². The molecule has 1 amide bonds. The van der Waals surface area contributed by atoms with Crippen molar-refractivity contribution in [2.75, 3.05) is 0 Å². The van der Waals surface area contributed by atoms with E-state index in [1.165, 1.54) is 4.90 Å². The van der Waals surface area contributed by atoms with E-state index < -0.39 is 40.8 Å². The van der Waals surface area contributed by atoms with E-state index >= 15 is 0 Å². The fourth-order valence-corrected chi connectivity index (χ4v) is 5.47. The van der Waals surface area contributed by atoms with E-state index in [9.17, 15) is 24.6 Å². The maximum Gasteiger partial charge on any atom is 0.331 e. The Bertz CT molecular complexity index is 1090. The highest BCUT2D eigenvalue weighted by Gasteiger charge is 2.63. The summed E-state index contributed by atoms with van der Waals surface area (Å²) in [6.07, 6.45) is 5.94. The summed E-state index contributed by atoms with van der Waals surface area (Å²) >= 11 is 3.37. The molecular formula is C28H32BrNO5. The van der Waals surface area contributed by atoms with Crippen molar-refractivity contribution in [2.24, 2.45) is 11.3 Å². The van der Waals surface area contributed by atoms with Gasteiger partial charge in [0.05, 0.1) is 12.0 Å². The number of halogens is 1. The predicted molar refractivity (Wildman–Crippen MR) is 138 cm³/mol. The van der Waals surface area contributed by atoms with E-state index in [0.29, 0.717) is 17.5 Å². The number of carboxylic acids is 2. The number of nitrogens with zero attached hydrogens (tertiary/aromatic N) is 1. The normalized spacial score (nSPS) is 18.3. The SMILES string of the molecule is CC(C)(C)[C@@](C(=O)O)(C(Cc1ccccc1)C(=O)O)N(C(=O)c1ccc(Br)cc1)C1C=CCCC1. The number of allylic oxidation sites excluding steroid dienone is 1. The van der Waals surface area contributed by atoms with E-state index in [1.807, 2.05) is 18.2 Å². The van der Waals surface area contributed by atoms with Crippen molar-refractivity contribution in [3.63, 3.8) is 0 Å². The zero-order chi connectivity index (χ0) is 25.8. The number of hydrogen-bond acceptors (Lipinski definition) is 3. The van der Waals surface area contributed by atoms with Crippen molar-refractivity contribution >= 4 is 33.8 Å². The molecule has 0 aliphatic heterocycles. The van der Waals surface area contributed by atoms with E-state index in [4.69, 9.17) is 0 Å². The van der Waals surface area contributed by atoms with Crippen LogP contribution in [0.5, 0.6) is 0 Å². The zero-order valence-electron chi connectivity index (χ0n) is 20.3. The summed E-state index contributed by atoms with van der Waals surface area (Å²) in [5, 5.41) is 21.4. The molecule has 0 saturated heterocycles. The Kier molecular flexibility index (Phi) is 8.21. The molecule has 0 bridgehead atoms. The van der Waals surface area contributed by atoms with Gasteiger partial charge in [0, 0.05) is 10.0 Å². The molecule has 7 heteroatoms. The molecule has 186 valence electrons. The molecule has 2 N–H and O–H groups in total. The number of aliphatic carboxylic acids is 2. The average Bonchev–Trinajstić information content (AvgIpc) is 2.81. The van der Waals surface area contributed by atoms with Crippen molar-refractivity contribution < 1.29 is 24.6 Å². The lowest BCUT2D eigenvalue weighted by Crippen LogP contribution is -2.72. The van der Waals surface area contributed by atoms with Crippen molar-refractivity contribution in [3.05, 3.63) is 82.3 Å². The lowest BCUT2D eigenvalue weighted by atomic mass is 9.62. The molecule has 0 heterocycles. The highest BCUT2D eigenvalue weighted by Crippen LogP contribution is 2.46. The molecule has 0 aromatic heterocycles. The second-order valence-corrected chi connectivity index (χ2v) is 10.9. The fourth-order valence-electron chi connectivity index (χ4n) is 5.20. The van der Waals surface area contributed by atoms with Gasteiger partial charge in [-0.3, -0.25) is 9.59 Å². The minimum atomic E-state index is -2.04. The third kappa shape index (κ3) is 5.35. The van der Waals surface area contributed by atoms with Crippen LogP contribution in [0.3, 0.4) is 0 Å². The minimum Gasteiger partial charge on any atom is -0.481 e. The van der Waals surface area contributed by atoms with Crippen LogP contribution in [-0.2, 0) is 16.0 Å². The maximum atomic E-state index is 14.2. The molecule has 3 atom stereocenters. The van der Waals surface area contributed by atoms with E-state index in [0.717, 1.165) is 17.3 Å². The maximum absolute atomic E-state index is 14.2. The molecule has 2 unspecified atom stereocenters. The molecule has 0 spiro atoms. The third-order valence-corrected chi connectivity index (χ3v) is 7.33. The lowest BCUT2D eigenvalue weighted by Gasteiger charge is -2.54. The van der Waals surface area contributed by atoms with Crippen LogP contribution in [0.25, 0.3) is 0 Å². The molecule has 1 aliphatic rings. The van der Waals surface area contributed by atoms with Gasteiger partial charge in [-0.2, -0.15) is 0 Å². The Morgan fingerprint density at radius 1 is 1.03 bits per heavy atom. The van der Waals surface area contributed by atoms with Crippen LogP contribution in [0.15, 0.2) is 71.2 Å². The Morgan fingerprint density at radius 2 is 1.66 bits per heavy atom. The molecule has 2 aromatic carbocycles. The molecule has 0 fully saturated rings. The summed E-state index contributed by atoms with van der Waals surface area (Å²) < 4.78 is 0.783. The van der Waals surface area contributed by atoms with Crippen molar-refractivity contribution in [3.8, 4) is 0 Å². The molecule has 2 aromatic rings. The van der Waals surface area contributed by atoms with Gasteiger partial charge in [0.25, 0.3) is 5.91 Å². The van der Waals surface area contributed by atoms with Gasteiger partial charge in [-0.05, 0) is 60.9 Å². The van der Waals surface area contributed by atoms with Gasteiger partial charge in [0.2, 0.25) is 0 Å². The fraction of sp³-hybridized carbons (Fsp3) is 0.393. The first-order valence-corrected chi connectivity index (χ1v) is 12.6. The number of carbonyl (C=O) groups is 3. The molecule has 0 saturated carbocycles. The van der Waals surface area contributed by atoms with Crippen molar-refractivity contribution in [1.82, 2.24) is 4.90 Å².